The molecule has 1 atom stereocenters. The average Bonchev–Trinajstić information content (AvgIpc) is 2.88. The number of carboxylic acids is 1. The van der Waals surface area contributed by atoms with E-state index >= 15 is 0 Å². The molecule has 1 aromatic heterocycles. The van der Waals surface area contributed by atoms with Crippen LogP contribution in [0, 0.1) is 12.8 Å². The van der Waals surface area contributed by atoms with Gasteiger partial charge in [0, 0.05) is 0 Å². The van der Waals surface area contributed by atoms with Crippen molar-refractivity contribution in [1.82, 2.24) is 15.1 Å². The molecule has 134 valence electrons. The molecule has 0 aliphatic heterocycles. The topological polar surface area (TPSA) is 84.2 Å². The fourth-order valence-corrected chi connectivity index (χ4v) is 2.75. The maximum absolute atomic E-state index is 12.7. The number of benzene rings is 1. The minimum absolute atomic E-state index is 0.0496. The monoisotopic (exact) mass is 363 g/mol. The van der Waals surface area contributed by atoms with Crippen molar-refractivity contribution >= 4 is 23.5 Å². The minimum Gasteiger partial charge on any atom is -0.481 e. The molecule has 0 saturated heterocycles. The number of hydrogen-bond donors (Lipinski definition) is 2. The van der Waals surface area contributed by atoms with Gasteiger partial charge in [-0.2, -0.15) is 5.10 Å². The van der Waals surface area contributed by atoms with Gasteiger partial charge < -0.3 is 10.4 Å². The van der Waals surface area contributed by atoms with E-state index in [1.807, 2.05) is 32.0 Å². The first-order valence-electron chi connectivity index (χ1n) is 7.99. The molecule has 0 fully saturated rings. The van der Waals surface area contributed by atoms with Crippen LogP contribution in [0.5, 0.6) is 0 Å². The third-order valence-electron chi connectivity index (χ3n) is 4.53. The molecule has 0 saturated carbocycles. The van der Waals surface area contributed by atoms with E-state index in [1.165, 1.54) is 6.20 Å². The van der Waals surface area contributed by atoms with Crippen molar-refractivity contribution in [2.75, 3.05) is 0 Å². The highest BCUT2D eigenvalue weighted by Gasteiger charge is 2.34. The summed E-state index contributed by atoms with van der Waals surface area (Å²) in [5, 5.41) is 16.8. The van der Waals surface area contributed by atoms with Crippen LogP contribution in [-0.2, 0) is 4.79 Å². The Balaban J connectivity index is 2.32. The number of carboxylic acid groups (broad SMARTS) is 1. The number of halogens is 1. The highest BCUT2D eigenvalue weighted by Crippen LogP contribution is 2.24. The number of carbonyl (C=O) groups excluding carboxylic acids is 1. The highest BCUT2D eigenvalue weighted by atomic mass is 35.5. The molecule has 0 spiro atoms. The summed E-state index contributed by atoms with van der Waals surface area (Å²) in [5.41, 5.74) is 0.837. The standard InChI is InChI=1S/C18H22ClN3O3/c1-11(2)18(4,9-16(23)24)21-17(25)13-10-20-22(12(13)3)15-8-6-5-7-14(15)19/h5-8,10-11H,9H2,1-4H3,(H,21,25)(H,23,24). The van der Waals surface area contributed by atoms with E-state index in [1.54, 1.807) is 24.6 Å². The molecule has 0 aliphatic rings. The second kappa shape index (κ2) is 7.27. The van der Waals surface area contributed by atoms with E-state index in [4.69, 9.17) is 16.7 Å². The lowest BCUT2D eigenvalue weighted by Gasteiger charge is -2.33. The van der Waals surface area contributed by atoms with Crippen LogP contribution in [0.4, 0.5) is 0 Å². The summed E-state index contributed by atoms with van der Waals surface area (Å²) < 4.78 is 1.60. The zero-order chi connectivity index (χ0) is 18.8. The predicted molar refractivity (Wildman–Crippen MR) is 96.3 cm³/mol. The Morgan fingerprint density at radius 2 is 2.00 bits per heavy atom. The Morgan fingerprint density at radius 3 is 2.56 bits per heavy atom. The Morgan fingerprint density at radius 1 is 1.36 bits per heavy atom. The van der Waals surface area contributed by atoms with Crippen LogP contribution in [0.15, 0.2) is 30.5 Å². The normalized spacial score (nSPS) is 13.5. The van der Waals surface area contributed by atoms with Crippen molar-refractivity contribution in [3.05, 3.63) is 46.7 Å². The first-order chi connectivity index (χ1) is 11.7. The molecule has 1 amide bonds. The SMILES string of the molecule is Cc1c(C(=O)NC(C)(CC(=O)O)C(C)C)cnn1-c1ccccc1Cl. The summed E-state index contributed by atoms with van der Waals surface area (Å²) in [6.45, 7) is 7.26. The zero-order valence-electron chi connectivity index (χ0n) is 14.7. The van der Waals surface area contributed by atoms with E-state index in [0.717, 1.165) is 0 Å². The Hall–Kier alpha value is -2.34. The second-order valence-corrected chi connectivity index (χ2v) is 7.01. The lowest BCUT2D eigenvalue weighted by atomic mass is 9.85. The molecule has 1 heterocycles. The summed E-state index contributed by atoms with van der Waals surface area (Å²) in [6.07, 6.45) is 1.31. The molecule has 25 heavy (non-hydrogen) atoms. The zero-order valence-corrected chi connectivity index (χ0v) is 15.5. The van der Waals surface area contributed by atoms with Crippen molar-refractivity contribution in [3.63, 3.8) is 0 Å². The summed E-state index contributed by atoms with van der Waals surface area (Å²) >= 11 is 6.20. The number of nitrogens with zero attached hydrogens (tertiary/aromatic N) is 2. The number of aliphatic carboxylic acids is 1. The van der Waals surface area contributed by atoms with Crippen molar-refractivity contribution in [2.45, 2.75) is 39.7 Å². The van der Waals surface area contributed by atoms with E-state index in [9.17, 15) is 9.59 Å². The van der Waals surface area contributed by atoms with Gasteiger partial charge in [-0.15, -0.1) is 0 Å². The lowest BCUT2D eigenvalue weighted by molar-refractivity contribution is -0.138. The lowest BCUT2D eigenvalue weighted by Crippen LogP contribution is -2.51. The van der Waals surface area contributed by atoms with Gasteiger partial charge in [0.1, 0.15) is 0 Å². The van der Waals surface area contributed by atoms with Gasteiger partial charge in [0.25, 0.3) is 5.91 Å². The quantitative estimate of drug-likeness (QED) is 0.823. The summed E-state index contributed by atoms with van der Waals surface area (Å²) in [5.74, 6) is -1.36. The molecule has 2 aromatic rings. The molecule has 2 N–H and O–H groups in total. The van der Waals surface area contributed by atoms with E-state index in [-0.39, 0.29) is 18.2 Å². The number of hydrogen-bond acceptors (Lipinski definition) is 3. The van der Waals surface area contributed by atoms with Crippen molar-refractivity contribution in [2.24, 2.45) is 5.92 Å². The fraction of sp³-hybridized carbons (Fsp3) is 0.389. The molecule has 7 heteroatoms. The van der Waals surface area contributed by atoms with Crippen LogP contribution in [0.2, 0.25) is 5.02 Å². The first kappa shape index (κ1) is 19.0. The maximum Gasteiger partial charge on any atom is 0.305 e. The largest absolute Gasteiger partial charge is 0.481 e. The molecule has 1 unspecified atom stereocenters. The molecule has 6 nitrogen and oxygen atoms in total. The molecular weight excluding hydrogens is 342 g/mol. The third kappa shape index (κ3) is 4.02. The number of para-hydroxylation sites is 1. The Kier molecular flexibility index (Phi) is 5.52. The van der Waals surface area contributed by atoms with Gasteiger partial charge >= 0.3 is 5.97 Å². The average molecular weight is 364 g/mol. The predicted octanol–water partition coefficient (Wildman–Crippen LogP) is 3.45. The van der Waals surface area contributed by atoms with Crippen LogP contribution >= 0.6 is 11.6 Å². The maximum atomic E-state index is 12.7. The minimum atomic E-state index is -0.958. The van der Waals surface area contributed by atoms with E-state index in [2.05, 4.69) is 10.4 Å². The van der Waals surface area contributed by atoms with Gasteiger partial charge in [-0.3, -0.25) is 9.59 Å². The van der Waals surface area contributed by atoms with Crippen LogP contribution in [-0.4, -0.2) is 32.3 Å². The molecule has 0 radical (unpaired) electrons. The van der Waals surface area contributed by atoms with Crippen molar-refractivity contribution in [1.29, 1.82) is 0 Å². The number of aromatic nitrogens is 2. The number of nitrogens with one attached hydrogen (secondary N) is 1. The van der Waals surface area contributed by atoms with Crippen LogP contribution in [0.1, 0.15) is 43.2 Å². The molecule has 1 aromatic carbocycles. The van der Waals surface area contributed by atoms with Gasteiger partial charge in [-0.05, 0) is 31.9 Å². The number of carbonyl (C=O) groups is 2. The smallest absolute Gasteiger partial charge is 0.305 e. The van der Waals surface area contributed by atoms with Gasteiger partial charge in [0.2, 0.25) is 0 Å². The van der Waals surface area contributed by atoms with Gasteiger partial charge in [0.05, 0.1) is 40.1 Å². The number of rotatable bonds is 6. The van der Waals surface area contributed by atoms with Crippen molar-refractivity contribution < 1.29 is 14.7 Å². The number of amides is 1. The summed E-state index contributed by atoms with van der Waals surface area (Å²) in [4.78, 5) is 23.9. The second-order valence-electron chi connectivity index (χ2n) is 6.60. The van der Waals surface area contributed by atoms with Gasteiger partial charge in [-0.1, -0.05) is 37.6 Å². The van der Waals surface area contributed by atoms with Gasteiger partial charge in [-0.25, -0.2) is 4.68 Å². The Labute approximate surface area is 151 Å². The van der Waals surface area contributed by atoms with E-state index in [0.29, 0.717) is 22.0 Å². The Bertz CT molecular complexity index is 801. The first-order valence-corrected chi connectivity index (χ1v) is 8.37. The molecule has 2 rings (SSSR count). The summed E-state index contributed by atoms with van der Waals surface area (Å²) in [6, 6.07) is 7.22. The van der Waals surface area contributed by atoms with Crippen LogP contribution in [0.3, 0.4) is 0 Å². The molecular formula is C18H22ClN3O3. The van der Waals surface area contributed by atoms with Crippen LogP contribution < -0.4 is 5.32 Å². The highest BCUT2D eigenvalue weighted by molar-refractivity contribution is 6.32. The fourth-order valence-electron chi connectivity index (χ4n) is 2.53. The van der Waals surface area contributed by atoms with Crippen molar-refractivity contribution in [3.8, 4) is 5.69 Å². The third-order valence-corrected chi connectivity index (χ3v) is 4.85. The van der Waals surface area contributed by atoms with E-state index < -0.39 is 11.5 Å². The molecule has 0 aliphatic carbocycles. The summed E-state index contributed by atoms with van der Waals surface area (Å²) in [7, 11) is 0. The van der Waals surface area contributed by atoms with Crippen LogP contribution in [0.25, 0.3) is 5.69 Å². The van der Waals surface area contributed by atoms with Gasteiger partial charge in [0.15, 0.2) is 0 Å². The molecule has 0 bridgehead atoms.